The maximum absolute atomic E-state index is 12.7. The Balaban J connectivity index is 2.42. The van der Waals surface area contributed by atoms with Crippen LogP contribution in [-0.4, -0.2) is 36.9 Å². The number of hydrogen-bond donors (Lipinski definition) is 1. The van der Waals surface area contributed by atoms with E-state index in [4.69, 9.17) is 22.0 Å². The van der Waals surface area contributed by atoms with Crippen molar-refractivity contribution in [3.8, 4) is 6.07 Å². The lowest BCUT2D eigenvalue weighted by molar-refractivity contribution is -0.143. The van der Waals surface area contributed by atoms with E-state index in [1.807, 2.05) is 13.0 Å². The molecule has 1 aromatic carbocycles. The number of rotatable bonds is 3. The molecular weight excluding hydrogens is 328 g/mol. The quantitative estimate of drug-likeness (QED) is 0.905. The van der Waals surface area contributed by atoms with Crippen LogP contribution in [0.15, 0.2) is 23.1 Å². The van der Waals surface area contributed by atoms with Crippen molar-refractivity contribution in [2.45, 2.75) is 18.2 Å². The largest absolute Gasteiger partial charge is 0.481 e. The number of nitrogens with zero attached hydrogens (tertiary/aromatic N) is 2. The van der Waals surface area contributed by atoms with E-state index in [9.17, 15) is 13.2 Å². The van der Waals surface area contributed by atoms with Crippen molar-refractivity contribution in [1.82, 2.24) is 4.31 Å². The SMILES string of the molecule is CC1CC(C(=O)O)CN(S(=O)(=O)c2cc(C#N)ccc2Cl)C1. The Morgan fingerprint density at radius 3 is 2.73 bits per heavy atom. The lowest BCUT2D eigenvalue weighted by Gasteiger charge is -2.33. The molecule has 1 aromatic rings. The minimum Gasteiger partial charge on any atom is -0.481 e. The van der Waals surface area contributed by atoms with Crippen LogP contribution in [0.25, 0.3) is 0 Å². The van der Waals surface area contributed by atoms with E-state index in [0.29, 0.717) is 6.42 Å². The Morgan fingerprint density at radius 1 is 1.45 bits per heavy atom. The lowest BCUT2D eigenvalue weighted by Crippen LogP contribution is -2.45. The summed E-state index contributed by atoms with van der Waals surface area (Å²) in [5, 5.41) is 18.1. The predicted octanol–water partition coefficient (Wildman–Crippen LogP) is 1.94. The van der Waals surface area contributed by atoms with E-state index in [-0.39, 0.29) is 34.5 Å². The number of benzene rings is 1. The van der Waals surface area contributed by atoms with E-state index in [2.05, 4.69) is 0 Å². The van der Waals surface area contributed by atoms with Gasteiger partial charge >= 0.3 is 5.97 Å². The van der Waals surface area contributed by atoms with Gasteiger partial charge < -0.3 is 5.11 Å². The molecule has 2 unspecified atom stereocenters. The molecule has 0 aliphatic carbocycles. The third kappa shape index (κ3) is 3.24. The van der Waals surface area contributed by atoms with Crippen LogP contribution in [0.5, 0.6) is 0 Å². The molecule has 0 amide bonds. The third-order valence-corrected chi connectivity index (χ3v) is 5.97. The number of nitriles is 1. The first-order valence-electron chi connectivity index (χ1n) is 6.68. The number of hydrogen-bond acceptors (Lipinski definition) is 4. The molecule has 22 heavy (non-hydrogen) atoms. The number of piperidine rings is 1. The van der Waals surface area contributed by atoms with Gasteiger partial charge in [-0.25, -0.2) is 8.42 Å². The fraction of sp³-hybridized carbons (Fsp3) is 0.429. The minimum absolute atomic E-state index is 0.0177. The molecule has 118 valence electrons. The summed E-state index contributed by atoms with van der Waals surface area (Å²) in [5.41, 5.74) is 0.183. The molecule has 0 saturated carbocycles. The van der Waals surface area contributed by atoms with Gasteiger partial charge in [0.15, 0.2) is 0 Å². The molecule has 1 fully saturated rings. The first-order valence-corrected chi connectivity index (χ1v) is 8.50. The van der Waals surface area contributed by atoms with Gasteiger partial charge in [-0.2, -0.15) is 9.57 Å². The van der Waals surface area contributed by atoms with Crippen LogP contribution in [0.1, 0.15) is 18.9 Å². The van der Waals surface area contributed by atoms with E-state index < -0.39 is 21.9 Å². The Morgan fingerprint density at radius 2 is 2.14 bits per heavy atom. The van der Waals surface area contributed by atoms with Crippen LogP contribution in [0.4, 0.5) is 0 Å². The number of carboxylic acid groups (broad SMARTS) is 1. The first-order chi connectivity index (χ1) is 10.3. The summed E-state index contributed by atoms with van der Waals surface area (Å²) in [4.78, 5) is 11.0. The molecule has 1 saturated heterocycles. The zero-order valence-electron chi connectivity index (χ0n) is 11.9. The zero-order chi connectivity index (χ0) is 16.5. The summed E-state index contributed by atoms with van der Waals surface area (Å²) in [7, 11) is -3.94. The number of sulfonamides is 1. The molecule has 8 heteroatoms. The molecule has 1 aliphatic heterocycles. The molecule has 0 spiro atoms. The number of carbonyl (C=O) groups is 1. The van der Waals surface area contributed by atoms with Crippen LogP contribution in [0.2, 0.25) is 5.02 Å². The normalized spacial score (nSPS) is 23.0. The van der Waals surface area contributed by atoms with Crippen molar-refractivity contribution in [3.05, 3.63) is 28.8 Å². The van der Waals surface area contributed by atoms with Crippen LogP contribution in [0.3, 0.4) is 0 Å². The second-order valence-corrected chi connectivity index (χ2v) is 7.77. The summed E-state index contributed by atoms with van der Waals surface area (Å²) in [6, 6.07) is 5.87. The van der Waals surface area contributed by atoms with Crippen LogP contribution in [0, 0.1) is 23.2 Å². The van der Waals surface area contributed by atoms with Gasteiger partial charge in [0.1, 0.15) is 4.90 Å². The van der Waals surface area contributed by atoms with E-state index in [1.165, 1.54) is 18.2 Å². The van der Waals surface area contributed by atoms with Gasteiger partial charge in [-0.1, -0.05) is 18.5 Å². The van der Waals surface area contributed by atoms with Crippen molar-refractivity contribution in [2.75, 3.05) is 13.1 Å². The highest BCUT2D eigenvalue weighted by Crippen LogP contribution is 2.30. The van der Waals surface area contributed by atoms with Crippen LogP contribution >= 0.6 is 11.6 Å². The maximum Gasteiger partial charge on any atom is 0.307 e. The maximum atomic E-state index is 12.7. The standard InChI is InChI=1S/C14H15ClN2O4S/c1-9-4-11(14(18)19)8-17(7-9)22(20,21)13-5-10(6-16)2-3-12(13)15/h2-3,5,9,11H,4,7-8H2,1H3,(H,18,19). The number of halogens is 1. The predicted molar refractivity (Wildman–Crippen MR) is 79.8 cm³/mol. The molecule has 0 radical (unpaired) electrons. The molecule has 0 aromatic heterocycles. The second kappa shape index (κ2) is 6.24. The average molecular weight is 343 g/mol. The molecule has 2 atom stereocenters. The molecule has 6 nitrogen and oxygen atoms in total. The molecule has 1 heterocycles. The van der Waals surface area contributed by atoms with Gasteiger partial charge in [0.2, 0.25) is 10.0 Å². The highest BCUT2D eigenvalue weighted by Gasteiger charge is 2.37. The van der Waals surface area contributed by atoms with Gasteiger partial charge in [0.25, 0.3) is 0 Å². The summed E-state index contributed by atoms with van der Waals surface area (Å²) in [6.45, 7) is 1.96. The minimum atomic E-state index is -3.94. The summed E-state index contributed by atoms with van der Waals surface area (Å²) < 4.78 is 26.6. The number of aliphatic carboxylic acids is 1. The van der Waals surface area contributed by atoms with Crippen molar-refractivity contribution in [2.24, 2.45) is 11.8 Å². The third-order valence-electron chi connectivity index (χ3n) is 3.65. The van der Waals surface area contributed by atoms with Crippen LogP contribution < -0.4 is 0 Å². The molecule has 2 rings (SSSR count). The highest BCUT2D eigenvalue weighted by molar-refractivity contribution is 7.89. The average Bonchev–Trinajstić information content (AvgIpc) is 2.46. The molecular formula is C14H15ClN2O4S. The zero-order valence-corrected chi connectivity index (χ0v) is 13.4. The monoisotopic (exact) mass is 342 g/mol. The van der Waals surface area contributed by atoms with Crippen molar-refractivity contribution < 1.29 is 18.3 Å². The molecule has 1 N–H and O–H groups in total. The lowest BCUT2D eigenvalue weighted by atomic mass is 9.92. The topological polar surface area (TPSA) is 98.5 Å². The summed E-state index contributed by atoms with van der Waals surface area (Å²) in [6.07, 6.45) is 0.438. The Kier molecular flexibility index (Phi) is 4.75. The van der Waals surface area contributed by atoms with Crippen molar-refractivity contribution in [1.29, 1.82) is 5.26 Å². The van der Waals surface area contributed by atoms with Gasteiger partial charge in [0.05, 0.1) is 22.6 Å². The van der Waals surface area contributed by atoms with Gasteiger partial charge in [-0.15, -0.1) is 0 Å². The van der Waals surface area contributed by atoms with Crippen molar-refractivity contribution >= 4 is 27.6 Å². The Bertz CT molecular complexity index is 742. The molecule has 0 bridgehead atoms. The first kappa shape index (κ1) is 16.7. The number of carboxylic acids is 1. The van der Waals surface area contributed by atoms with Gasteiger partial charge in [0, 0.05) is 13.1 Å². The smallest absolute Gasteiger partial charge is 0.307 e. The van der Waals surface area contributed by atoms with E-state index >= 15 is 0 Å². The van der Waals surface area contributed by atoms with E-state index in [1.54, 1.807) is 0 Å². The van der Waals surface area contributed by atoms with Gasteiger partial charge in [-0.3, -0.25) is 4.79 Å². The molecule has 1 aliphatic rings. The second-order valence-electron chi connectivity index (χ2n) is 5.46. The van der Waals surface area contributed by atoms with Crippen LogP contribution in [-0.2, 0) is 14.8 Å². The van der Waals surface area contributed by atoms with E-state index in [0.717, 1.165) is 4.31 Å². The fourth-order valence-corrected chi connectivity index (χ4v) is 4.69. The summed E-state index contributed by atoms with van der Waals surface area (Å²) in [5.74, 6) is -1.82. The summed E-state index contributed by atoms with van der Waals surface area (Å²) >= 11 is 5.96. The highest BCUT2D eigenvalue weighted by atomic mass is 35.5. The Labute approximate surface area is 134 Å². The van der Waals surface area contributed by atoms with Gasteiger partial charge in [-0.05, 0) is 30.5 Å². The van der Waals surface area contributed by atoms with Crippen molar-refractivity contribution in [3.63, 3.8) is 0 Å². The fourth-order valence-electron chi connectivity index (χ4n) is 2.59. The Hall–Kier alpha value is -1.62.